The van der Waals surface area contributed by atoms with E-state index in [-0.39, 0.29) is 12.0 Å². The minimum Gasteiger partial charge on any atom is -0.373 e. The van der Waals surface area contributed by atoms with Crippen molar-refractivity contribution in [3.8, 4) is 11.6 Å². The molecule has 1 aliphatic rings. The Hall–Kier alpha value is -2.54. The van der Waals surface area contributed by atoms with Gasteiger partial charge in [0.05, 0.1) is 12.0 Å². The molecule has 0 spiro atoms. The highest BCUT2D eigenvalue weighted by Gasteiger charge is 2.33. The van der Waals surface area contributed by atoms with E-state index in [1.807, 2.05) is 18.2 Å². The Morgan fingerprint density at radius 2 is 2.05 bits per heavy atom. The van der Waals surface area contributed by atoms with Gasteiger partial charge in [0.1, 0.15) is 12.2 Å². The van der Waals surface area contributed by atoms with Crippen LogP contribution in [0.4, 0.5) is 0 Å². The molecule has 1 saturated heterocycles. The molecule has 1 aliphatic heterocycles. The number of benzene rings is 1. The van der Waals surface area contributed by atoms with Gasteiger partial charge in [-0.15, -0.1) is 5.10 Å². The van der Waals surface area contributed by atoms with Crippen LogP contribution in [0.25, 0.3) is 11.6 Å². The molecule has 4 rings (SSSR count). The fourth-order valence-corrected chi connectivity index (χ4v) is 2.70. The first-order chi connectivity index (χ1) is 10.4. The van der Waals surface area contributed by atoms with Crippen LogP contribution < -0.4 is 0 Å². The van der Waals surface area contributed by atoms with Crippen LogP contribution in [-0.4, -0.2) is 37.0 Å². The number of hydrogen-bond acceptors (Lipinski definition) is 5. The van der Waals surface area contributed by atoms with Crippen LogP contribution in [0, 0.1) is 0 Å². The Kier molecular flexibility index (Phi) is 2.97. The summed E-state index contributed by atoms with van der Waals surface area (Å²) >= 11 is 0. The number of ether oxygens (including phenoxy) is 1. The van der Waals surface area contributed by atoms with Crippen LogP contribution in [0.15, 0.2) is 36.7 Å². The van der Waals surface area contributed by atoms with E-state index in [9.17, 15) is 0 Å². The average molecular weight is 282 g/mol. The summed E-state index contributed by atoms with van der Waals surface area (Å²) in [5.74, 6) is 2.10. The summed E-state index contributed by atoms with van der Waals surface area (Å²) in [6.07, 6.45) is 2.38. The number of hydrogen-bond donors (Lipinski definition) is 2. The predicted molar refractivity (Wildman–Crippen MR) is 74.3 cm³/mol. The molecular formula is C14H14N6O. The number of nitrogens with zero attached hydrogens (tertiary/aromatic N) is 4. The first kappa shape index (κ1) is 12.2. The molecule has 7 heteroatoms. The SMILES string of the molecule is c1ccc([C@H]2OCC[C@@H]2c2nc(-c3ncn[nH]3)n[nH]2)cc1. The Morgan fingerprint density at radius 3 is 2.86 bits per heavy atom. The molecule has 3 aromatic rings. The third kappa shape index (κ3) is 2.21. The fourth-order valence-electron chi connectivity index (χ4n) is 2.70. The quantitative estimate of drug-likeness (QED) is 0.764. The second kappa shape index (κ2) is 5.10. The van der Waals surface area contributed by atoms with E-state index in [0.29, 0.717) is 11.6 Å². The lowest BCUT2D eigenvalue weighted by atomic mass is 9.95. The molecule has 21 heavy (non-hydrogen) atoms. The van der Waals surface area contributed by atoms with Crippen molar-refractivity contribution in [1.82, 2.24) is 30.4 Å². The summed E-state index contributed by atoms with van der Waals surface area (Å²) in [6.45, 7) is 0.725. The second-order valence-electron chi connectivity index (χ2n) is 4.98. The van der Waals surface area contributed by atoms with Gasteiger partial charge < -0.3 is 4.74 Å². The maximum atomic E-state index is 5.88. The van der Waals surface area contributed by atoms with E-state index in [4.69, 9.17) is 4.74 Å². The molecule has 106 valence electrons. The van der Waals surface area contributed by atoms with Gasteiger partial charge in [-0.25, -0.2) is 9.97 Å². The second-order valence-corrected chi connectivity index (χ2v) is 4.98. The Labute approximate surface area is 120 Å². The number of H-pyrrole nitrogens is 2. The van der Waals surface area contributed by atoms with Crippen LogP contribution in [0.2, 0.25) is 0 Å². The van der Waals surface area contributed by atoms with Crippen LogP contribution in [0.1, 0.15) is 29.8 Å². The van der Waals surface area contributed by atoms with E-state index in [2.05, 4.69) is 42.5 Å². The van der Waals surface area contributed by atoms with Crippen molar-refractivity contribution in [2.24, 2.45) is 0 Å². The van der Waals surface area contributed by atoms with E-state index >= 15 is 0 Å². The molecule has 0 aliphatic carbocycles. The summed E-state index contributed by atoms with van der Waals surface area (Å²) in [5, 5.41) is 13.8. The molecule has 2 atom stereocenters. The van der Waals surface area contributed by atoms with Gasteiger partial charge in [-0.3, -0.25) is 10.2 Å². The van der Waals surface area contributed by atoms with Gasteiger partial charge in [0.2, 0.25) is 5.82 Å². The molecule has 0 saturated carbocycles. The number of aromatic nitrogens is 6. The molecule has 0 amide bonds. The highest BCUT2D eigenvalue weighted by atomic mass is 16.5. The predicted octanol–water partition coefficient (Wildman–Crippen LogP) is 1.83. The molecular weight excluding hydrogens is 268 g/mol. The van der Waals surface area contributed by atoms with Gasteiger partial charge in [0.25, 0.3) is 0 Å². The summed E-state index contributed by atoms with van der Waals surface area (Å²) in [6, 6.07) is 10.2. The summed E-state index contributed by atoms with van der Waals surface area (Å²) in [5.41, 5.74) is 1.16. The molecule has 2 N–H and O–H groups in total. The smallest absolute Gasteiger partial charge is 0.218 e. The van der Waals surface area contributed by atoms with Crippen LogP contribution in [0.5, 0.6) is 0 Å². The minimum absolute atomic E-state index is 0.0155. The third-order valence-corrected chi connectivity index (χ3v) is 3.70. The Bertz CT molecular complexity index is 708. The molecule has 1 aromatic carbocycles. The highest BCUT2D eigenvalue weighted by molar-refractivity contribution is 5.40. The zero-order valence-corrected chi connectivity index (χ0v) is 11.2. The molecule has 3 heterocycles. The van der Waals surface area contributed by atoms with E-state index in [0.717, 1.165) is 24.4 Å². The van der Waals surface area contributed by atoms with Crippen LogP contribution in [0.3, 0.4) is 0 Å². The largest absolute Gasteiger partial charge is 0.373 e. The van der Waals surface area contributed by atoms with Gasteiger partial charge in [-0.05, 0) is 12.0 Å². The van der Waals surface area contributed by atoms with Gasteiger partial charge in [0, 0.05) is 6.61 Å². The maximum absolute atomic E-state index is 5.88. The molecule has 1 fully saturated rings. The lowest BCUT2D eigenvalue weighted by Gasteiger charge is -2.16. The van der Waals surface area contributed by atoms with Crippen molar-refractivity contribution in [2.75, 3.05) is 6.61 Å². The summed E-state index contributed by atoms with van der Waals surface area (Å²) < 4.78 is 5.88. The molecule has 0 bridgehead atoms. The van der Waals surface area contributed by atoms with Gasteiger partial charge >= 0.3 is 0 Å². The third-order valence-electron chi connectivity index (χ3n) is 3.70. The molecule has 0 radical (unpaired) electrons. The van der Waals surface area contributed by atoms with Gasteiger partial charge in [-0.1, -0.05) is 30.3 Å². The molecule has 7 nitrogen and oxygen atoms in total. The van der Waals surface area contributed by atoms with Crippen molar-refractivity contribution in [2.45, 2.75) is 18.4 Å². The standard InChI is InChI=1S/C14H14N6O/c1-2-4-9(5-3-1)11-10(6-7-21-11)12-17-14(20-19-12)13-15-8-16-18-13/h1-5,8,10-11H,6-7H2,(H,15,16,18)(H,17,19,20)/t10-,11+/m0/s1. The van der Waals surface area contributed by atoms with E-state index in [1.165, 1.54) is 6.33 Å². The minimum atomic E-state index is 0.0155. The van der Waals surface area contributed by atoms with Crippen molar-refractivity contribution < 1.29 is 4.74 Å². The molecule has 0 unspecified atom stereocenters. The topological polar surface area (TPSA) is 92.4 Å². The van der Waals surface area contributed by atoms with Crippen LogP contribution in [-0.2, 0) is 4.74 Å². The van der Waals surface area contributed by atoms with E-state index < -0.39 is 0 Å². The van der Waals surface area contributed by atoms with Crippen molar-refractivity contribution in [1.29, 1.82) is 0 Å². The number of nitrogens with one attached hydrogen (secondary N) is 2. The zero-order valence-electron chi connectivity index (χ0n) is 11.2. The first-order valence-electron chi connectivity index (χ1n) is 6.86. The van der Waals surface area contributed by atoms with Crippen LogP contribution >= 0.6 is 0 Å². The highest BCUT2D eigenvalue weighted by Crippen LogP contribution is 2.40. The zero-order chi connectivity index (χ0) is 14.1. The molecule has 2 aromatic heterocycles. The average Bonchev–Trinajstić information content (AvgIpc) is 3.27. The fraction of sp³-hybridized carbons (Fsp3) is 0.286. The normalized spacial score (nSPS) is 21.7. The monoisotopic (exact) mass is 282 g/mol. The maximum Gasteiger partial charge on any atom is 0.218 e. The Balaban J connectivity index is 1.63. The van der Waals surface area contributed by atoms with Gasteiger partial charge in [-0.2, -0.15) is 5.10 Å². The van der Waals surface area contributed by atoms with Crippen molar-refractivity contribution >= 4 is 0 Å². The Morgan fingerprint density at radius 1 is 1.14 bits per heavy atom. The van der Waals surface area contributed by atoms with Crippen molar-refractivity contribution in [3.05, 3.63) is 48.0 Å². The summed E-state index contributed by atoms with van der Waals surface area (Å²) in [7, 11) is 0. The number of aromatic amines is 2. The van der Waals surface area contributed by atoms with Gasteiger partial charge in [0.15, 0.2) is 5.82 Å². The lowest BCUT2D eigenvalue weighted by Crippen LogP contribution is -2.07. The number of rotatable bonds is 3. The van der Waals surface area contributed by atoms with E-state index in [1.54, 1.807) is 0 Å². The lowest BCUT2D eigenvalue weighted by molar-refractivity contribution is 0.103. The van der Waals surface area contributed by atoms with Crippen molar-refractivity contribution in [3.63, 3.8) is 0 Å². The summed E-state index contributed by atoms with van der Waals surface area (Å²) in [4.78, 5) is 8.59. The first-order valence-corrected chi connectivity index (χ1v) is 6.86.